The van der Waals surface area contributed by atoms with Gasteiger partial charge in [0.25, 0.3) is 0 Å². The number of rotatable bonds is 7. The molecule has 3 heteroatoms. The minimum atomic E-state index is 0.178. The van der Waals surface area contributed by atoms with Crippen LogP contribution >= 0.6 is 0 Å². The van der Waals surface area contributed by atoms with Gasteiger partial charge in [-0.2, -0.15) is 0 Å². The van der Waals surface area contributed by atoms with Gasteiger partial charge in [0.15, 0.2) is 0 Å². The van der Waals surface area contributed by atoms with Crippen LogP contribution in [0.5, 0.6) is 0 Å². The fourth-order valence-corrected chi connectivity index (χ4v) is 2.69. The van der Waals surface area contributed by atoms with Gasteiger partial charge in [0.05, 0.1) is 6.04 Å². The molecule has 1 heterocycles. The Labute approximate surface area is 122 Å². The third kappa shape index (κ3) is 3.10. The number of imidazole rings is 1. The van der Waals surface area contributed by atoms with Crippen molar-refractivity contribution in [2.45, 2.75) is 46.2 Å². The van der Waals surface area contributed by atoms with Crippen LogP contribution in [0.2, 0.25) is 0 Å². The molecule has 3 nitrogen and oxygen atoms in total. The monoisotopic (exact) mass is 271 g/mol. The molecule has 0 fully saturated rings. The second-order valence-electron chi connectivity index (χ2n) is 5.02. The maximum Gasteiger partial charge on any atom is 0.130 e. The molecule has 2 rings (SSSR count). The van der Waals surface area contributed by atoms with E-state index >= 15 is 0 Å². The maximum absolute atomic E-state index is 4.61. The second kappa shape index (κ2) is 7.25. The van der Waals surface area contributed by atoms with Crippen LogP contribution in [0.1, 0.15) is 50.2 Å². The summed E-state index contributed by atoms with van der Waals surface area (Å²) in [4.78, 5) is 4.61. The van der Waals surface area contributed by atoms with Gasteiger partial charge in [-0.15, -0.1) is 0 Å². The molecule has 20 heavy (non-hydrogen) atoms. The van der Waals surface area contributed by atoms with Gasteiger partial charge in [-0.1, -0.05) is 45.0 Å². The lowest BCUT2D eigenvalue weighted by molar-refractivity contribution is 0.541. The zero-order chi connectivity index (χ0) is 14.4. The van der Waals surface area contributed by atoms with Crippen molar-refractivity contribution in [2.24, 2.45) is 0 Å². The third-order valence-corrected chi connectivity index (χ3v) is 3.63. The van der Waals surface area contributed by atoms with E-state index in [9.17, 15) is 0 Å². The Balaban J connectivity index is 2.42. The molecule has 0 radical (unpaired) electrons. The normalized spacial score (nSPS) is 12.6. The fourth-order valence-electron chi connectivity index (χ4n) is 2.69. The molecule has 0 aliphatic rings. The number of benzene rings is 1. The van der Waals surface area contributed by atoms with Gasteiger partial charge in [0.1, 0.15) is 5.82 Å². The Bertz CT molecular complexity index is 531. The SMILES string of the molecule is CCCn1ccnc1C(NCC)c1ccccc1CC. The van der Waals surface area contributed by atoms with Crippen molar-refractivity contribution in [3.63, 3.8) is 0 Å². The molecule has 0 spiro atoms. The Kier molecular flexibility index (Phi) is 5.36. The van der Waals surface area contributed by atoms with Gasteiger partial charge in [-0.3, -0.25) is 0 Å². The number of hydrogen-bond acceptors (Lipinski definition) is 2. The van der Waals surface area contributed by atoms with Gasteiger partial charge >= 0.3 is 0 Å². The first-order chi connectivity index (χ1) is 9.81. The van der Waals surface area contributed by atoms with Crippen LogP contribution in [0, 0.1) is 0 Å². The second-order valence-corrected chi connectivity index (χ2v) is 5.02. The largest absolute Gasteiger partial charge is 0.333 e. The summed E-state index contributed by atoms with van der Waals surface area (Å²) < 4.78 is 2.26. The highest BCUT2D eigenvalue weighted by Crippen LogP contribution is 2.24. The van der Waals surface area contributed by atoms with Crippen LogP contribution < -0.4 is 5.32 Å². The van der Waals surface area contributed by atoms with E-state index < -0.39 is 0 Å². The van der Waals surface area contributed by atoms with E-state index in [0.717, 1.165) is 31.8 Å². The van der Waals surface area contributed by atoms with Crippen LogP contribution in [0.25, 0.3) is 0 Å². The molecule has 0 saturated carbocycles. The lowest BCUT2D eigenvalue weighted by atomic mass is 9.98. The predicted octanol–water partition coefficient (Wildman–Crippen LogP) is 3.55. The van der Waals surface area contributed by atoms with Gasteiger partial charge in [0.2, 0.25) is 0 Å². The van der Waals surface area contributed by atoms with E-state index in [4.69, 9.17) is 0 Å². The number of aromatic nitrogens is 2. The summed E-state index contributed by atoms with van der Waals surface area (Å²) in [7, 11) is 0. The number of hydrogen-bond donors (Lipinski definition) is 1. The van der Waals surface area contributed by atoms with Crippen LogP contribution in [0.4, 0.5) is 0 Å². The van der Waals surface area contributed by atoms with E-state index in [2.05, 4.69) is 66.1 Å². The first-order valence-electron chi connectivity index (χ1n) is 7.63. The van der Waals surface area contributed by atoms with Crippen molar-refractivity contribution >= 4 is 0 Å². The van der Waals surface area contributed by atoms with Crippen LogP contribution in [-0.2, 0) is 13.0 Å². The summed E-state index contributed by atoms with van der Waals surface area (Å²) in [6, 6.07) is 8.84. The standard InChI is InChI=1S/C17H25N3/c1-4-12-20-13-11-19-17(20)16(18-6-3)15-10-8-7-9-14(15)5-2/h7-11,13,16,18H,4-6,12H2,1-3H3. The average molecular weight is 271 g/mol. The van der Waals surface area contributed by atoms with E-state index in [1.54, 1.807) is 0 Å². The average Bonchev–Trinajstić information content (AvgIpc) is 2.93. The first kappa shape index (κ1) is 14.8. The molecule has 1 unspecified atom stereocenters. The molecule has 1 N–H and O–H groups in total. The Morgan fingerprint density at radius 3 is 2.70 bits per heavy atom. The molecular formula is C17H25N3. The molecule has 1 atom stereocenters. The molecule has 0 bridgehead atoms. The number of aryl methyl sites for hydroxylation is 2. The van der Waals surface area contributed by atoms with Crippen molar-refractivity contribution < 1.29 is 0 Å². The highest BCUT2D eigenvalue weighted by molar-refractivity contribution is 5.34. The lowest BCUT2D eigenvalue weighted by Crippen LogP contribution is -2.26. The summed E-state index contributed by atoms with van der Waals surface area (Å²) >= 11 is 0. The first-order valence-corrected chi connectivity index (χ1v) is 7.63. The highest BCUT2D eigenvalue weighted by Gasteiger charge is 2.20. The fraction of sp³-hybridized carbons (Fsp3) is 0.471. The summed E-state index contributed by atoms with van der Waals surface area (Å²) in [6.07, 6.45) is 6.16. The number of nitrogens with one attached hydrogen (secondary N) is 1. The zero-order valence-electron chi connectivity index (χ0n) is 12.8. The van der Waals surface area contributed by atoms with Gasteiger partial charge < -0.3 is 9.88 Å². The Hall–Kier alpha value is -1.61. The molecule has 108 valence electrons. The van der Waals surface area contributed by atoms with Crippen molar-refractivity contribution in [1.82, 2.24) is 14.9 Å². The summed E-state index contributed by atoms with van der Waals surface area (Å²) in [6.45, 7) is 8.51. The van der Waals surface area contributed by atoms with Gasteiger partial charge in [0, 0.05) is 18.9 Å². The molecule has 2 aromatic rings. The molecule has 1 aromatic carbocycles. The van der Waals surface area contributed by atoms with E-state index in [1.807, 2.05) is 6.20 Å². The molecule has 1 aromatic heterocycles. The van der Waals surface area contributed by atoms with Crippen molar-refractivity contribution in [3.8, 4) is 0 Å². The van der Waals surface area contributed by atoms with E-state index in [0.29, 0.717) is 0 Å². The molecule has 0 saturated heterocycles. The summed E-state index contributed by atoms with van der Waals surface area (Å²) in [5, 5.41) is 3.59. The van der Waals surface area contributed by atoms with Crippen molar-refractivity contribution in [1.29, 1.82) is 0 Å². The van der Waals surface area contributed by atoms with Crippen LogP contribution in [0.3, 0.4) is 0 Å². The smallest absolute Gasteiger partial charge is 0.130 e. The minimum absolute atomic E-state index is 0.178. The molecule has 0 amide bonds. The van der Waals surface area contributed by atoms with Crippen molar-refractivity contribution in [2.75, 3.05) is 6.54 Å². The van der Waals surface area contributed by atoms with Gasteiger partial charge in [-0.25, -0.2) is 4.98 Å². The minimum Gasteiger partial charge on any atom is -0.333 e. The Morgan fingerprint density at radius 2 is 2.00 bits per heavy atom. The third-order valence-electron chi connectivity index (χ3n) is 3.63. The highest BCUT2D eigenvalue weighted by atomic mass is 15.1. The van der Waals surface area contributed by atoms with Crippen molar-refractivity contribution in [3.05, 3.63) is 53.6 Å². The van der Waals surface area contributed by atoms with E-state index in [1.165, 1.54) is 11.1 Å². The quantitative estimate of drug-likeness (QED) is 0.834. The number of nitrogens with zero attached hydrogens (tertiary/aromatic N) is 2. The van der Waals surface area contributed by atoms with Crippen LogP contribution in [0.15, 0.2) is 36.7 Å². The molecule has 0 aliphatic heterocycles. The molecular weight excluding hydrogens is 246 g/mol. The topological polar surface area (TPSA) is 29.9 Å². The lowest BCUT2D eigenvalue weighted by Gasteiger charge is -2.22. The van der Waals surface area contributed by atoms with Gasteiger partial charge in [-0.05, 0) is 30.5 Å². The van der Waals surface area contributed by atoms with E-state index in [-0.39, 0.29) is 6.04 Å². The van der Waals surface area contributed by atoms with Crippen LogP contribution in [-0.4, -0.2) is 16.1 Å². The Morgan fingerprint density at radius 1 is 1.20 bits per heavy atom. The summed E-state index contributed by atoms with van der Waals surface area (Å²) in [5.74, 6) is 1.12. The predicted molar refractivity (Wildman–Crippen MR) is 83.9 cm³/mol. The maximum atomic E-state index is 4.61. The molecule has 0 aliphatic carbocycles. The summed E-state index contributed by atoms with van der Waals surface area (Å²) in [5.41, 5.74) is 2.74. The zero-order valence-corrected chi connectivity index (χ0v) is 12.8.